The maximum atomic E-state index is 12.6. The van der Waals surface area contributed by atoms with Gasteiger partial charge in [-0.2, -0.15) is 0 Å². The molecule has 3 rings (SSSR count). The highest BCUT2D eigenvalue weighted by molar-refractivity contribution is 5.83. The number of hydrogen-bond donors (Lipinski definition) is 1. The standard InChI is InChI=1S/C21H30N2O2/c1-14-6-7-18(15(2)11-14)12-16(3)22-20(24)19-5-4-10-23(13-19)21(25)17-8-9-17/h6-7,11,16-17,19H,4-5,8-10,12-13H2,1-3H3,(H,22,24). The molecule has 1 N–H and O–H groups in total. The predicted molar refractivity (Wildman–Crippen MR) is 99.3 cm³/mol. The van der Waals surface area contributed by atoms with Gasteiger partial charge in [0.05, 0.1) is 5.92 Å². The second-order valence-electron chi connectivity index (χ2n) is 7.94. The van der Waals surface area contributed by atoms with Crippen molar-refractivity contribution in [3.05, 3.63) is 34.9 Å². The van der Waals surface area contributed by atoms with Crippen LogP contribution in [0.25, 0.3) is 0 Å². The van der Waals surface area contributed by atoms with Crippen LogP contribution in [-0.2, 0) is 16.0 Å². The number of benzene rings is 1. The molecule has 136 valence electrons. The summed E-state index contributed by atoms with van der Waals surface area (Å²) in [4.78, 5) is 26.8. The SMILES string of the molecule is Cc1ccc(CC(C)NC(=O)C2CCCN(C(=O)C3CC3)C2)c(C)c1. The maximum absolute atomic E-state index is 12.6. The lowest BCUT2D eigenvalue weighted by atomic mass is 9.95. The summed E-state index contributed by atoms with van der Waals surface area (Å²) in [6, 6.07) is 6.57. The van der Waals surface area contributed by atoms with E-state index in [4.69, 9.17) is 0 Å². The lowest BCUT2D eigenvalue weighted by Gasteiger charge is -2.33. The predicted octanol–water partition coefficient (Wildman–Crippen LogP) is 3.00. The molecule has 2 amide bonds. The second-order valence-corrected chi connectivity index (χ2v) is 7.94. The van der Waals surface area contributed by atoms with Gasteiger partial charge in [0.25, 0.3) is 0 Å². The van der Waals surface area contributed by atoms with E-state index in [9.17, 15) is 9.59 Å². The molecule has 1 saturated heterocycles. The largest absolute Gasteiger partial charge is 0.353 e. The fraction of sp³-hybridized carbons (Fsp3) is 0.619. The Labute approximate surface area is 151 Å². The average molecular weight is 342 g/mol. The summed E-state index contributed by atoms with van der Waals surface area (Å²) in [6.07, 6.45) is 4.71. The third kappa shape index (κ3) is 4.62. The highest BCUT2D eigenvalue weighted by Gasteiger charge is 2.36. The van der Waals surface area contributed by atoms with Crippen LogP contribution in [0.4, 0.5) is 0 Å². The molecular weight excluding hydrogens is 312 g/mol. The van der Waals surface area contributed by atoms with Crippen molar-refractivity contribution in [2.45, 2.75) is 58.9 Å². The molecule has 25 heavy (non-hydrogen) atoms. The van der Waals surface area contributed by atoms with Crippen LogP contribution in [0.3, 0.4) is 0 Å². The molecule has 0 aromatic heterocycles. The van der Waals surface area contributed by atoms with Crippen LogP contribution in [0.5, 0.6) is 0 Å². The van der Waals surface area contributed by atoms with Gasteiger partial charge in [-0.3, -0.25) is 9.59 Å². The lowest BCUT2D eigenvalue weighted by Crippen LogP contribution is -2.47. The third-order valence-corrected chi connectivity index (χ3v) is 5.44. The first kappa shape index (κ1) is 18.0. The van der Waals surface area contributed by atoms with Crippen LogP contribution in [0, 0.1) is 25.7 Å². The van der Waals surface area contributed by atoms with Crippen molar-refractivity contribution in [3.63, 3.8) is 0 Å². The van der Waals surface area contributed by atoms with Crippen molar-refractivity contribution >= 4 is 11.8 Å². The minimum Gasteiger partial charge on any atom is -0.353 e. The third-order valence-electron chi connectivity index (χ3n) is 5.44. The molecule has 2 unspecified atom stereocenters. The number of nitrogens with one attached hydrogen (secondary N) is 1. The van der Waals surface area contributed by atoms with Gasteiger partial charge in [-0.1, -0.05) is 23.8 Å². The molecule has 1 aliphatic carbocycles. The van der Waals surface area contributed by atoms with Crippen LogP contribution in [0.15, 0.2) is 18.2 Å². The molecule has 2 aliphatic rings. The van der Waals surface area contributed by atoms with Gasteiger partial charge in [-0.15, -0.1) is 0 Å². The topological polar surface area (TPSA) is 49.4 Å². The molecule has 0 spiro atoms. The van der Waals surface area contributed by atoms with E-state index >= 15 is 0 Å². The van der Waals surface area contributed by atoms with E-state index in [1.54, 1.807) is 0 Å². The molecule has 1 heterocycles. The van der Waals surface area contributed by atoms with Crippen molar-refractivity contribution in [2.24, 2.45) is 11.8 Å². The van der Waals surface area contributed by atoms with Gasteiger partial charge in [-0.25, -0.2) is 0 Å². The van der Waals surface area contributed by atoms with Crippen LogP contribution in [-0.4, -0.2) is 35.8 Å². The molecule has 1 aromatic carbocycles. The van der Waals surface area contributed by atoms with Gasteiger partial charge in [0.2, 0.25) is 11.8 Å². The zero-order valence-corrected chi connectivity index (χ0v) is 15.7. The van der Waals surface area contributed by atoms with Crippen molar-refractivity contribution in [1.82, 2.24) is 10.2 Å². The number of aryl methyl sites for hydroxylation is 2. The number of carbonyl (C=O) groups excluding carboxylic acids is 2. The zero-order valence-electron chi connectivity index (χ0n) is 15.7. The van der Waals surface area contributed by atoms with Crippen LogP contribution >= 0.6 is 0 Å². The normalized spacial score (nSPS) is 21.7. The van der Waals surface area contributed by atoms with E-state index < -0.39 is 0 Å². The molecule has 2 atom stereocenters. The fourth-order valence-electron chi connectivity index (χ4n) is 3.80. The Hall–Kier alpha value is -1.84. The molecule has 0 bridgehead atoms. The van der Waals surface area contributed by atoms with Gasteiger partial charge < -0.3 is 10.2 Å². The van der Waals surface area contributed by atoms with Crippen LogP contribution in [0.1, 0.15) is 49.3 Å². The quantitative estimate of drug-likeness (QED) is 0.894. The highest BCUT2D eigenvalue weighted by Crippen LogP contribution is 2.32. The number of carbonyl (C=O) groups is 2. The molecule has 2 fully saturated rings. The van der Waals surface area contributed by atoms with Gasteiger partial charge in [0, 0.05) is 25.0 Å². The zero-order chi connectivity index (χ0) is 18.0. The fourth-order valence-corrected chi connectivity index (χ4v) is 3.80. The van der Waals surface area contributed by atoms with Gasteiger partial charge >= 0.3 is 0 Å². The van der Waals surface area contributed by atoms with E-state index in [0.29, 0.717) is 6.54 Å². The Morgan fingerprint density at radius 1 is 1.20 bits per heavy atom. The Morgan fingerprint density at radius 3 is 2.64 bits per heavy atom. The molecule has 4 heteroatoms. The first-order valence-electron chi connectivity index (χ1n) is 9.59. The first-order chi connectivity index (χ1) is 11.9. The molecular formula is C21H30N2O2. The minimum absolute atomic E-state index is 0.0574. The summed E-state index contributed by atoms with van der Waals surface area (Å²) >= 11 is 0. The lowest BCUT2D eigenvalue weighted by molar-refractivity contribution is -0.136. The number of hydrogen-bond acceptors (Lipinski definition) is 2. The summed E-state index contributed by atoms with van der Waals surface area (Å²) < 4.78 is 0. The van der Waals surface area contributed by atoms with Crippen molar-refractivity contribution in [2.75, 3.05) is 13.1 Å². The summed E-state index contributed by atoms with van der Waals surface area (Å²) in [6.45, 7) is 7.70. The number of nitrogens with zero attached hydrogens (tertiary/aromatic N) is 1. The molecule has 1 saturated carbocycles. The van der Waals surface area contributed by atoms with Crippen LogP contribution < -0.4 is 5.32 Å². The van der Waals surface area contributed by atoms with Crippen LogP contribution in [0.2, 0.25) is 0 Å². The summed E-state index contributed by atoms with van der Waals surface area (Å²) in [7, 11) is 0. The smallest absolute Gasteiger partial charge is 0.225 e. The highest BCUT2D eigenvalue weighted by atomic mass is 16.2. The van der Waals surface area contributed by atoms with E-state index in [2.05, 4.69) is 44.3 Å². The Morgan fingerprint density at radius 2 is 1.96 bits per heavy atom. The van der Waals surface area contributed by atoms with Crippen molar-refractivity contribution < 1.29 is 9.59 Å². The molecule has 1 aliphatic heterocycles. The van der Waals surface area contributed by atoms with Gasteiger partial charge in [0.15, 0.2) is 0 Å². The Bertz CT molecular complexity index is 651. The van der Waals surface area contributed by atoms with E-state index in [1.807, 2.05) is 4.90 Å². The van der Waals surface area contributed by atoms with Gasteiger partial charge in [0.1, 0.15) is 0 Å². The monoisotopic (exact) mass is 342 g/mol. The van der Waals surface area contributed by atoms with Crippen molar-refractivity contribution in [3.8, 4) is 0 Å². The second kappa shape index (κ2) is 7.59. The maximum Gasteiger partial charge on any atom is 0.225 e. The Balaban J connectivity index is 1.52. The summed E-state index contributed by atoms with van der Waals surface area (Å²) in [5, 5.41) is 3.17. The van der Waals surface area contributed by atoms with E-state index in [1.165, 1.54) is 16.7 Å². The van der Waals surface area contributed by atoms with E-state index in [0.717, 1.165) is 38.6 Å². The van der Waals surface area contributed by atoms with Crippen molar-refractivity contribution in [1.29, 1.82) is 0 Å². The average Bonchev–Trinajstić information content (AvgIpc) is 3.42. The molecule has 0 radical (unpaired) electrons. The molecule has 1 aromatic rings. The number of rotatable bonds is 5. The number of amides is 2. The number of piperidine rings is 1. The van der Waals surface area contributed by atoms with E-state index in [-0.39, 0.29) is 29.7 Å². The van der Waals surface area contributed by atoms with Gasteiger partial charge in [-0.05, 0) is 64.0 Å². The summed E-state index contributed by atoms with van der Waals surface area (Å²) in [5.41, 5.74) is 3.83. The first-order valence-corrected chi connectivity index (χ1v) is 9.59. The Kier molecular flexibility index (Phi) is 5.45. The number of likely N-dealkylation sites (tertiary alicyclic amines) is 1. The summed E-state index contributed by atoms with van der Waals surface area (Å²) in [5.74, 6) is 0.551. The minimum atomic E-state index is -0.0574. The molecule has 4 nitrogen and oxygen atoms in total.